The normalized spacial score (nSPS) is 14.0. The number of rotatable bonds is 13. The molecule has 9 heteroatoms. The zero-order valence-corrected chi connectivity index (χ0v) is 20.8. The van der Waals surface area contributed by atoms with E-state index >= 15 is 0 Å². The summed E-state index contributed by atoms with van der Waals surface area (Å²) in [5.74, 6) is 0.546. The molecule has 2 N–H and O–H groups in total. The summed E-state index contributed by atoms with van der Waals surface area (Å²) in [5, 5.41) is 20.0. The molecule has 2 atom stereocenters. The van der Waals surface area contributed by atoms with Crippen LogP contribution in [0.4, 0.5) is 0 Å². The Labute approximate surface area is 202 Å². The highest BCUT2D eigenvalue weighted by molar-refractivity contribution is 7.89. The molecule has 0 heterocycles. The Morgan fingerprint density at radius 3 is 2.36 bits per heavy atom. The van der Waals surface area contributed by atoms with Gasteiger partial charge in [-0.2, -0.15) is 9.57 Å². The molecule has 0 aliphatic heterocycles. The minimum atomic E-state index is -3.93. The summed E-state index contributed by atoms with van der Waals surface area (Å²) in [5.41, 5.74) is 0.492. The third-order valence-corrected chi connectivity index (χ3v) is 7.62. The number of nitriles is 1. The highest BCUT2D eigenvalue weighted by Gasteiger charge is 2.34. The van der Waals surface area contributed by atoms with Crippen molar-refractivity contribution in [2.75, 3.05) is 20.2 Å². The average Bonchev–Trinajstić information content (AvgIpc) is 2.81. The number of hydrogen-bond donors (Lipinski definition) is 2. The number of hydrogen-bond acceptors (Lipinski definition) is 6. The van der Waals surface area contributed by atoms with Crippen molar-refractivity contribution in [3.8, 4) is 11.8 Å². The van der Waals surface area contributed by atoms with Crippen molar-refractivity contribution in [2.45, 2.75) is 50.2 Å². The van der Waals surface area contributed by atoms with E-state index in [9.17, 15) is 13.5 Å². The maximum atomic E-state index is 13.5. The van der Waals surface area contributed by atoms with Gasteiger partial charge in [0.05, 0.1) is 30.2 Å². The second-order valence-electron chi connectivity index (χ2n) is 8.77. The third kappa shape index (κ3) is 7.98. The van der Waals surface area contributed by atoms with Gasteiger partial charge in [0, 0.05) is 19.5 Å². The Kier molecular flexibility index (Phi) is 10.1. The lowest BCUT2D eigenvalue weighted by Gasteiger charge is -2.34. The number of aliphatic hydroxyl groups excluding tert-OH is 1. The monoisotopic (exact) mass is 493 g/mol. The number of methoxy groups -OCH3 is 1. The lowest BCUT2D eigenvalue weighted by Crippen LogP contribution is -2.49. The number of halogens is 1. The molecule has 2 rings (SSSR count). The van der Waals surface area contributed by atoms with Crippen molar-refractivity contribution in [3.05, 3.63) is 60.2 Å². The van der Waals surface area contributed by atoms with E-state index < -0.39 is 27.6 Å². The van der Waals surface area contributed by atoms with Crippen LogP contribution < -0.4 is 9.57 Å². The van der Waals surface area contributed by atoms with Crippen LogP contribution in [0.25, 0.3) is 0 Å². The van der Waals surface area contributed by atoms with Crippen molar-refractivity contribution in [1.82, 2.24) is 9.14 Å². The topological polar surface area (TPSA) is 103 Å². The van der Waals surface area contributed by atoms with E-state index in [1.54, 1.807) is 12.1 Å². The van der Waals surface area contributed by atoms with E-state index in [0.29, 0.717) is 25.0 Å². The van der Waals surface area contributed by atoms with Crippen LogP contribution in [0, 0.1) is 16.7 Å². The van der Waals surface area contributed by atoms with E-state index in [1.165, 1.54) is 23.5 Å². The standard InChI is InChI=1S/C24H32ClN3O4S/c1-24(2,14-7-15-26)18-28(33(30,31)21-12-10-20(32-3)11-13-21)17-23(29)22(27-25)16-19-8-5-4-6-9-19/h4-6,8-13,22-23,27,29H,7,14,16-18H2,1-3H3/t22-,23?/m0/s1. The van der Waals surface area contributed by atoms with Crippen LogP contribution in [-0.4, -0.2) is 50.2 Å². The highest BCUT2D eigenvalue weighted by Crippen LogP contribution is 2.28. The molecular formula is C24H32ClN3O4S. The number of nitrogens with zero attached hydrogens (tertiary/aromatic N) is 2. The molecule has 0 spiro atoms. The lowest BCUT2D eigenvalue weighted by atomic mass is 9.88. The van der Waals surface area contributed by atoms with Crippen LogP contribution in [0.1, 0.15) is 32.3 Å². The highest BCUT2D eigenvalue weighted by atomic mass is 35.5. The van der Waals surface area contributed by atoms with Crippen molar-refractivity contribution >= 4 is 21.8 Å². The first-order chi connectivity index (χ1) is 15.6. The predicted molar refractivity (Wildman–Crippen MR) is 129 cm³/mol. The number of ether oxygens (including phenoxy) is 1. The summed E-state index contributed by atoms with van der Waals surface area (Å²) < 4.78 is 33.5. The molecule has 2 aromatic carbocycles. The molecule has 0 amide bonds. The average molecular weight is 494 g/mol. The molecule has 0 aliphatic rings. The molecule has 2 aromatic rings. The summed E-state index contributed by atoms with van der Waals surface area (Å²) in [6.07, 6.45) is 0.198. The molecule has 0 aliphatic carbocycles. The molecule has 7 nitrogen and oxygen atoms in total. The van der Waals surface area contributed by atoms with Crippen LogP contribution in [0.5, 0.6) is 5.75 Å². The summed E-state index contributed by atoms with van der Waals surface area (Å²) in [6.45, 7) is 3.81. The number of sulfonamides is 1. The molecule has 0 aromatic heterocycles. The fourth-order valence-electron chi connectivity index (χ4n) is 3.55. The summed E-state index contributed by atoms with van der Waals surface area (Å²) in [6, 6.07) is 17.2. The van der Waals surface area contributed by atoms with E-state index in [4.69, 9.17) is 21.8 Å². The van der Waals surface area contributed by atoms with Gasteiger partial charge in [-0.3, -0.25) is 0 Å². The van der Waals surface area contributed by atoms with E-state index in [1.807, 2.05) is 44.2 Å². The van der Waals surface area contributed by atoms with Crippen LogP contribution in [0.3, 0.4) is 0 Å². The van der Waals surface area contributed by atoms with Gasteiger partial charge in [0.15, 0.2) is 0 Å². The maximum Gasteiger partial charge on any atom is 0.243 e. The smallest absolute Gasteiger partial charge is 0.243 e. The zero-order chi connectivity index (χ0) is 24.5. The van der Waals surface area contributed by atoms with Gasteiger partial charge in [-0.25, -0.2) is 13.3 Å². The zero-order valence-electron chi connectivity index (χ0n) is 19.2. The Bertz CT molecular complexity index is 1010. The van der Waals surface area contributed by atoms with Crippen LogP contribution in [0.15, 0.2) is 59.5 Å². The van der Waals surface area contributed by atoms with Crippen LogP contribution in [-0.2, 0) is 16.4 Å². The Morgan fingerprint density at radius 1 is 1.18 bits per heavy atom. The summed E-state index contributed by atoms with van der Waals surface area (Å²) >= 11 is 5.93. The van der Waals surface area contributed by atoms with Crippen molar-refractivity contribution < 1.29 is 18.3 Å². The number of benzene rings is 2. The van der Waals surface area contributed by atoms with Crippen molar-refractivity contribution in [2.24, 2.45) is 5.41 Å². The first kappa shape index (κ1) is 27.1. The van der Waals surface area contributed by atoms with Crippen molar-refractivity contribution in [1.29, 1.82) is 5.26 Å². The SMILES string of the molecule is COc1ccc(S(=O)(=O)N(CC(O)[C@H](Cc2ccccc2)NCl)CC(C)(C)CCC#N)cc1. The fourth-order valence-corrected chi connectivity index (χ4v) is 5.42. The fraction of sp³-hybridized carbons (Fsp3) is 0.458. The Balaban J connectivity index is 2.31. The van der Waals surface area contributed by atoms with Gasteiger partial charge in [-0.15, -0.1) is 0 Å². The predicted octanol–water partition coefficient (Wildman–Crippen LogP) is 3.73. The van der Waals surface area contributed by atoms with E-state index in [2.05, 4.69) is 10.9 Å². The molecule has 33 heavy (non-hydrogen) atoms. The van der Waals surface area contributed by atoms with Gasteiger partial charge < -0.3 is 9.84 Å². The van der Waals surface area contributed by atoms with Gasteiger partial charge >= 0.3 is 0 Å². The molecular weight excluding hydrogens is 462 g/mol. The van der Waals surface area contributed by atoms with Gasteiger partial charge in [0.1, 0.15) is 5.75 Å². The molecule has 0 saturated carbocycles. The van der Waals surface area contributed by atoms with E-state index in [-0.39, 0.29) is 18.0 Å². The lowest BCUT2D eigenvalue weighted by molar-refractivity contribution is 0.101. The van der Waals surface area contributed by atoms with Crippen molar-refractivity contribution in [3.63, 3.8) is 0 Å². The van der Waals surface area contributed by atoms with E-state index in [0.717, 1.165) is 5.56 Å². The second kappa shape index (κ2) is 12.4. The number of aliphatic hydroxyl groups is 1. The summed E-state index contributed by atoms with van der Waals surface area (Å²) in [7, 11) is -2.42. The number of nitrogens with one attached hydrogen (secondary N) is 1. The minimum Gasteiger partial charge on any atom is -0.497 e. The largest absolute Gasteiger partial charge is 0.497 e. The third-order valence-electron chi connectivity index (χ3n) is 5.51. The maximum absolute atomic E-state index is 13.5. The van der Waals surface area contributed by atoms with Gasteiger partial charge in [0.2, 0.25) is 10.0 Å². The molecule has 180 valence electrons. The summed E-state index contributed by atoms with van der Waals surface area (Å²) in [4.78, 5) is 2.70. The van der Waals surface area contributed by atoms with Gasteiger partial charge in [-0.1, -0.05) is 44.2 Å². The quantitative estimate of drug-likeness (QED) is 0.412. The first-order valence-corrected chi connectivity index (χ1v) is 12.5. The first-order valence-electron chi connectivity index (χ1n) is 10.7. The molecule has 0 fully saturated rings. The molecule has 1 unspecified atom stereocenters. The molecule has 0 saturated heterocycles. The van der Waals surface area contributed by atoms with Crippen LogP contribution in [0.2, 0.25) is 0 Å². The van der Waals surface area contributed by atoms with Crippen LogP contribution >= 0.6 is 11.8 Å². The van der Waals surface area contributed by atoms with Gasteiger partial charge in [-0.05, 0) is 59.9 Å². The molecule has 0 radical (unpaired) electrons. The Morgan fingerprint density at radius 2 is 1.82 bits per heavy atom. The second-order valence-corrected chi connectivity index (χ2v) is 10.9. The van der Waals surface area contributed by atoms with Gasteiger partial charge in [0.25, 0.3) is 0 Å². The minimum absolute atomic E-state index is 0.102. The molecule has 0 bridgehead atoms. The Hall–Kier alpha value is -2.15.